The zero-order valence-electron chi connectivity index (χ0n) is 12.2. The second kappa shape index (κ2) is 5.98. The number of nitrogens with zero attached hydrogens (tertiary/aromatic N) is 2. The zero-order chi connectivity index (χ0) is 15.6. The second-order valence-electron chi connectivity index (χ2n) is 4.60. The Morgan fingerprint density at radius 1 is 1.24 bits per heavy atom. The molecule has 8 heteroatoms. The molecule has 1 aromatic carbocycles. The van der Waals surface area contributed by atoms with E-state index < -0.39 is 10.0 Å². The van der Waals surface area contributed by atoms with Crippen molar-refractivity contribution in [2.75, 3.05) is 10.5 Å². The molecule has 1 heterocycles. The van der Waals surface area contributed by atoms with E-state index >= 15 is 0 Å². The minimum Gasteiger partial charge on any atom is -0.398 e. The van der Waals surface area contributed by atoms with Gasteiger partial charge in [0.2, 0.25) is 5.13 Å². The Balaban J connectivity index is 2.50. The Hall–Kier alpha value is -1.67. The van der Waals surface area contributed by atoms with Gasteiger partial charge in [-0.3, -0.25) is 4.72 Å². The number of aryl methyl sites for hydroxylation is 2. The molecule has 0 aliphatic heterocycles. The van der Waals surface area contributed by atoms with Crippen molar-refractivity contribution in [2.45, 2.75) is 38.5 Å². The third-order valence-corrected chi connectivity index (χ3v) is 5.39. The van der Waals surface area contributed by atoms with Crippen LogP contribution in [0.2, 0.25) is 0 Å². The molecule has 0 aliphatic carbocycles. The monoisotopic (exact) mass is 326 g/mol. The Labute approximate surface area is 128 Å². The summed E-state index contributed by atoms with van der Waals surface area (Å²) in [5, 5.41) is 8.56. The second-order valence-corrected chi connectivity index (χ2v) is 7.43. The van der Waals surface area contributed by atoms with Crippen LogP contribution in [0.1, 0.15) is 30.0 Å². The standard InChI is InChI=1S/C13H18N4O2S2/c1-4-9-6-11(14)10(5-2)12(7-9)21(18,19)17-13-16-15-8(3)20-13/h6-7H,4-5,14H2,1-3H3,(H,16,17). The number of benzene rings is 1. The number of sulfonamides is 1. The molecular weight excluding hydrogens is 308 g/mol. The molecule has 1 aromatic heterocycles. The lowest BCUT2D eigenvalue weighted by molar-refractivity contribution is 0.600. The summed E-state index contributed by atoms with van der Waals surface area (Å²) >= 11 is 1.19. The molecule has 0 radical (unpaired) electrons. The Morgan fingerprint density at radius 3 is 2.48 bits per heavy atom. The molecule has 0 unspecified atom stereocenters. The Kier molecular flexibility index (Phi) is 4.48. The van der Waals surface area contributed by atoms with Crippen molar-refractivity contribution in [1.29, 1.82) is 0 Å². The van der Waals surface area contributed by atoms with Gasteiger partial charge in [-0.2, -0.15) is 0 Å². The fourth-order valence-electron chi connectivity index (χ4n) is 2.06. The molecule has 0 fully saturated rings. The van der Waals surface area contributed by atoms with Crippen molar-refractivity contribution in [1.82, 2.24) is 10.2 Å². The van der Waals surface area contributed by atoms with Crippen LogP contribution in [0.4, 0.5) is 10.8 Å². The molecule has 0 spiro atoms. The average Bonchev–Trinajstić information content (AvgIpc) is 2.82. The first-order chi connectivity index (χ1) is 9.87. The van der Waals surface area contributed by atoms with E-state index in [-0.39, 0.29) is 10.0 Å². The number of nitrogen functional groups attached to an aromatic ring is 1. The Bertz CT molecular complexity index is 754. The lowest BCUT2D eigenvalue weighted by atomic mass is 10.1. The van der Waals surface area contributed by atoms with Crippen molar-refractivity contribution in [3.05, 3.63) is 28.3 Å². The number of hydrogen-bond donors (Lipinski definition) is 2. The van der Waals surface area contributed by atoms with Crippen LogP contribution < -0.4 is 10.5 Å². The third kappa shape index (κ3) is 3.33. The fourth-order valence-corrected chi connectivity index (χ4v) is 4.27. The summed E-state index contributed by atoms with van der Waals surface area (Å²) in [5.41, 5.74) is 8.00. The average molecular weight is 326 g/mol. The number of rotatable bonds is 5. The maximum absolute atomic E-state index is 12.6. The summed E-state index contributed by atoms with van der Waals surface area (Å²) in [6.45, 7) is 5.60. The molecular formula is C13H18N4O2S2. The highest BCUT2D eigenvalue weighted by atomic mass is 32.2. The van der Waals surface area contributed by atoms with Crippen molar-refractivity contribution in [3.63, 3.8) is 0 Å². The van der Waals surface area contributed by atoms with Crippen LogP contribution in [0.5, 0.6) is 0 Å². The minimum atomic E-state index is -3.72. The van der Waals surface area contributed by atoms with E-state index in [1.807, 2.05) is 19.9 Å². The summed E-state index contributed by atoms with van der Waals surface area (Å²) in [6, 6.07) is 3.50. The van der Waals surface area contributed by atoms with E-state index in [1.165, 1.54) is 11.3 Å². The van der Waals surface area contributed by atoms with Gasteiger partial charge in [-0.25, -0.2) is 8.42 Å². The predicted octanol–water partition coefficient (Wildman–Crippen LogP) is 2.35. The number of hydrogen-bond acceptors (Lipinski definition) is 6. The molecule has 0 atom stereocenters. The van der Waals surface area contributed by atoms with Crippen LogP contribution in [-0.4, -0.2) is 18.6 Å². The fraction of sp³-hybridized carbons (Fsp3) is 0.385. The van der Waals surface area contributed by atoms with Gasteiger partial charge in [0.1, 0.15) is 5.01 Å². The van der Waals surface area contributed by atoms with Crippen LogP contribution in [0.15, 0.2) is 17.0 Å². The van der Waals surface area contributed by atoms with E-state index in [0.29, 0.717) is 29.1 Å². The molecule has 0 saturated carbocycles. The van der Waals surface area contributed by atoms with Crippen molar-refractivity contribution < 1.29 is 8.42 Å². The van der Waals surface area contributed by atoms with Gasteiger partial charge in [-0.05, 0) is 43.0 Å². The van der Waals surface area contributed by atoms with Gasteiger partial charge in [-0.1, -0.05) is 25.2 Å². The van der Waals surface area contributed by atoms with Crippen LogP contribution >= 0.6 is 11.3 Å². The predicted molar refractivity (Wildman–Crippen MR) is 85.1 cm³/mol. The van der Waals surface area contributed by atoms with Gasteiger partial charge >= 0.3 is 0 Å². The van der Waals surface area contributed by atoms with E-state index in [2.05, 4.69) is 14.9 Å². The van der Waals surface area contributed by atoms with Crippen molar-refractivity contribution >= 4 is 32.2 Å². The van der Waals surface area contributed by atoms with Gasteiger partial charge in [0, 0.05) is 5.69 Å². The minimum absolute atomic E-state index is 0.217. The van der Waals surface area contributed by atoms with Gasteiger partial charge in [0.15, 0.2) is 0 Å². The summed E-state index contributed by atoms with van der Waals surface area (Å²) < 4.78 is 27.6. The van der Waals surface area contributed by atoms with Gasteiger partial charge in [-0.15, -0.1) is 10.2 Å². The molecule has 0 amide bonds. The molecule has 0 saturated heterocycles. The lowest BCUT2D eigenvalue weighted by Gasteiger charge is -2.13. The lowest BCUT2D eigenvalue weighted by Crippen LogP contribution is -2.16. The van der Waals surface area contributed by atoms with Crippen LogP contribution in [-0.2, 0) is 22.9 Å². The largest absolute Gasteiger partial charge is 0.398 e. The summed E-state index contributed by atoms with van der Waals surface area (Å²) in [4.78, 5) is 0.217. The molecule has 2 aromatic rings. The highest BCUT2D eigenvalue weighted by Crippen LogP contribution is 2.27. The molecule has 0 aliphatic rings. The maximum atomic E-state index is 12.6. The number of aromatic nitrogens is 2. The molecule has 6 nitrogen and oxygen atoms in total. The van der Waals surface area contributed by atoms with E-state index in [4.69, 9.17) is 5.73 Å². The van der Waals surface area contributed by atoms with Gasteiger partial charge in [0.05, 0.1) is 4.90 Å². The Morgan fingerprint density at radius 2 is 1.95 bits per heavy atom. The van der Waals surface area contributed by atoms with Crippen molar-refractivity contribution in [3.8, 4) is 0 Å². The molecule has 21 heavy (non-hydrogen) atoms. The molecule has 114 valence electrons. The number of nitrogens with one attached hydrogen (secondary N) is 1. The van der Waals surface area contributed by atoms with Crippen molar-refractivity contribution in [2.24, 2.45) is 0 Å². The van der Waals surface area contributed by atoms with Crippen LogP contribution in [0.3, 0.4) is 0 Å². The quantitative estimate of drug-likeness (QED) is 0.822. The highest BCUT2D eigenvalue weighted by Gasteiger charge is 2.22. The zero-order valence-corrected chi connectivity index (χ0v) is 13.8. The summed E-state index contributed by atoms with van der Waals surface area (Å²) in [7, 11) is -3.72. The van der Waals surface area contributed by atoms with E-state index in [1.54, 1.807) is 13.0 Å². The first-order valence-electron chi connectivity index (χ1n) is 6.61. The molecule has 0 bridgehead atoms. The van der Waals surface area contributed by atoms with E-state index in [9.17, 15) is 8.42 Å². The SMILES string of the molecule is CCc1cc(N)c(CC)c(S(=O)(=O)Nc2nnc(C)s2)c1. The number of anilines is 2. The van der Waals surface area contributed by atoms with E-state index in [0.717, 1.165) is 5.56 Å². The number of nitrogens with two attached hydrogens (primary N) is 1. The highest BCUT2D eigenvalue weighted by molar-refractivity contribution is 7.93. The molecule has 3 N–H and O–H groups in total. The van der Waals surface area contributed by atoms with Crippen LogP contribution in [0, 0.1) is 6.92 Å². The van der Waals surface area contributed by atoms with Gasteiger partial charge < -0.3 is 5.73 Å². The maximum Gasteiger partial charge on any atom is 0.264 e. The smallest absolute Gasteiger partial charge is 0.264 e. The van der Waals surface area contributed by atoms with Crippen LogP contribution in [0.25, 0.3) is 0 Å². The first kappa shape index (κ1) is 15.7. The summed E-state index contributed by atoms with van der Waals surface area (Å²) in [5.74, 6) is 0. The van der Waals surface area contributed by atoms with Gasteiger partial charge in [0.25, 0.3) is 10.0 Å². The first-order valence-corrected chi connectivity index (χ1v) is 8.91. The summed E-state index contributed by atoms with van der Waals surface area (Å²) in [6.07, 6.45) is 1.26. The normalized spacial score (nSPS) is 11.6. The topological polar surface area (TPSA) is 98.0 Å². The third-order valence-electron chi connectivity index (χ3n) is 3.10. The molecule has 2 rings (SSSR count).